The molecule has 21 heavy (non-hydrogen) atoms. The third kappa shape index (κ3) is 3.13. The number of carbonyl (C=O) groups is 1. The predicted molar refractivity (Wildman–Crippen MR) is 80.2 cm³/mol. The summed E-state index contributed by atoms with van der Waals surface area (Å²) in [6.45, 7) is 1.88. The van der Waals surface area contributed by atoms with Crippen molar-refractivity contribution in [3.8, 4) is 0 Å². The third-order valence-electron chi connectivity index (χ3n) is 4.06. The Bertz CT molecular complexity index is 641. The Morgan fingerprint density at radius 1 is 1.19 bits per heavy atom. The molecule has 3 heteroatoms. The van der Waals surface area contributed by atoms with Gasteiger partial charge in [0.2, 0.25) is 5.91 Å². The van der Waals surface area contributed by atoms with Crippen molar-refractivity contribution < 1.29 is 9.18 Å². The normalized spacial score (nSPS) is 21.6. The number of halogens is 1. The molecule has 3 unspecified atom stereocenters. The first-order valence-corrected chi connectivity index (χ1v) is 7.26. The van der Waals surface area contributed by atoms with Gasteiger partial charge in [0, 0.05) is 5.92 Å². The van der Waals surface area contributed by atoms with Crippen molar-refractivity contribution >= 4 is 5.91 Å². The number of benzene rings is 2. The highest BCUT2D eigenvalue weighted by atomic mass is 19.1. The molecule has 108 valence electrons. The molecular formula is C18H18FNO. The minimum Gasteiger partial charge on any atom is -0.349 e. The van der Waals surface area contributed by atoms with Gasteiger partial charge in [-0.15, -0.1) is 0 Å². The van der Waals surface area contributed by atoms with Gasteiger partial charge in [0.1, 0.15) is 5.82 Å². The maximum atomic E-state index is 13.2. The molecule has 0 aromatic heterocycles. The lowest BCUT2D eigenvalue weighted by molar-refractivity contribution is -0.123. The van der Waals surface area contributed by atoms with Crippen LogP contribution in [0.5, 0.6) is 0 Å². The van der Waals surface area contributed by atoms with E-state index < -0.39 is 0 Å². The van der Waals surface area contributed by atoms with Crippen LogP contribution < -0.4 is 5.32 Å². The van der Waals surface area contributed by atoms with Crippen molar-refractivity contribution in [2.45, 2.75) is 25.3 Å². The first kappa shape index (κ1) is 13.8. The van der Waals surface area contributed by atoms with E-state index in [2.05, 4.69) is 17.4 Å². The fraction of sp³-hybridized carbons (Fsp3) is 0.278. The first-order chi connectivity index (χ1) is 10.1. The highest BCUT2D eigenvalue weighted by Gasteiger charge is 2.44. The summed E-state index contributed by atoms with van der Waals surface area (Å²) in [4.78, 5) is 12.3. The van der Waals surface area contributed by atoms with Crippen LogP contribution in [-0.2, 0) is 4.79 Å². The van der Waals surface area contributed by atoms with Crippen LogP contribution >= 0.6 is 0 Å². The smallest absolute Gasteiger partial charge is 0.224 e. The second kappa shape index (κ2) is 5.68. The second-order valence-electron chi connectivity index (χ2n) is 5.64. The molecule has 2 aromatic carbocycles. The summed E-state index contributed by atoms with van der Waals surface area (Å²) in [5, 5.41) is 2.98. The van der Waals surface area contributed by atoms with Crippen molar-refractivity contribution in [1.82, 2.24) is 5.32 Å². The summed E-state index contributed by atoms with van der Waals surface area (Å²) in [7, 11) is 0. The van der Waals surface area contributed by atoms with Gasteiger partial charge >= 0.3 is 0 Å². The van der Waals surface area contributed by atoms with Crippen molar-refractivity contribution in [2.75, 3.05) is 0 Å². The van der Waals surface area contributed by atoms with Crippen LogP contribution in [-0.4, -0.2) is 5.91 Å². The topological polar surface area (TPSA) is 29.1 Å². The molecule has 1 aliphatic rings. The van der Waals surface area contributed by atoms with E-state index in [9.17, 15) is 9.18 Å². The number of rotatable bonds is 4. The van der Waals surface area contributed by atoms with Gasteiger partial charge in [-0.05, 0) is 42.5 Å². The average molecular weight is 283 g/mol. The molecule has 0 bridgehead atoms. The maximum absolute atomic E-state index is 13.2. The fourth-order valence-electron chi connectivity index (χ4n) is 2.73. The Kier molecular flexibility index (Phi) is 3.74. The lowest BCUT2D eigenvalue weighted by Gasteiger charge is -2.14. The van der Waals surface area contributed by atoms with Crippen LogP contribution in [0.4, 0.5) is 4.39 Å². The summed E-state index contributed by atoms with van der Waals surface area (Å²) in [5.74, 6) is 0.150. The van der Waals surface area contributed by atoms with Gasteiger partial charge in [-0.2, -0.15) is 0 Å². The molecule has 0 saturated heterocycles. The molecule has 1 saturated carbocycles. The van der Waals surface area contributed by atoms with Gasteiger partial charge in [-0.1, -0.05) is 42.5 Å². The van der Waals surface area contributed by atoms with E-state index in [0.717, 1.165) is 12.0 Å². The van der Waals surface area contributed by atoms with Crippen molar-refractivity contribution in [3.63, 3.8) is 0 Å². The predicted octanol–water partition coefficient (Wildman–Crippen LogP) is 3.81. The molecule has 1 amide bonds. The van der Waals surface area contributed by atoms with Crippen LogP contribution in [0.15, 0.2) is 54.6 Å². The zero-order valence-electron chi connectivity index (χ0n) is 11.9. The molecule has 0 heterocycles. The molecule has 3 rings (SSSR count). The number of nitrogens with one attached hydrogen (secondary N) is 1. The van der Waals surface area contributed by atoms with Gasteiger partial charge in [0.05, 0.1) is 6.04 Å². The van der Waals surface area contributed by atoms with E-state index >= 15 is 0 Å². The van der Waals surface area contributed by atoms with Gasteiger partial charge in [0.25, 0.3) is 0 Å². The summed E-state index contributed by atoms with van der Waals surface area (Å²) in [6.07, 6.45) is 0.895. The molecule has 1 fully saturated rings. The van der Waals surface area contributed by atoms with Crippen LogP contribution in [0.25, 0.3) is 0 Å². The van der Waals surface area contributed by atoms with Crippen LogP contribution in [0.1, 0.15) is 36.4 Å². The largest absolute Gasteiger partial charge is 0.349 e. The van der Waals surface area contributed by atoms with Crippen LogP contribution in [0, 0.1) is 11.7 Å². The van der Waals surface area contributed by atoms with Crippen LogP contribution in [0.3, 0.4) is 0 Å². The summed E-state index contributed by atoms with van der Waals surface area (Å²) < 4.78 is 13.2. The Morgan fingerprint density at radius 3 is 2.67 bits per heavy atom. The van der Waals surface area contributed by atoms with Gasteiger partial charge in [-0.3, -0.25) is 4.79 Å². The Morgan fingerprint density at radius 2 is 1.95 bits per heavy atom. The Labute approximate surface area is 124 Å². The molecular weight excluding hydrogens is 265 g/mol. The van der Waals surface area contributed by atoms with E-state index in [4.69, 9.17) is 0 Å². The van der Waals surface area contributed by atoms with Crippen molar-refractivity contribution in [2.24, 2.45) is 5.92 Å². The van der Waals surface area contributed by atoms with E-state index in [1.54, 1.807) is 6.07 Å². The molecule has 3 atom stereocenters. The highest BCUT2D eigenvalue weighted by molar-refractivity contribution is 5.83. The van der Waals surface area contributed by atoms with E-state index in [0.29, 0.717) is 5.92 Å². The molecule has 1 aliphatic carbocycles. The maximum Gasteiger partial charge on any atom is 0.224 e. The van der Waals surface area contributed by atoms with Gasteiger partial charge in [-0.25, -0.2) is 4.39 Å². The standard InChI is InChI=1S/C18H18FNO/c1-12(14-8-5-9-15(19)10-14)20-18(21)17-11-16(17)13-6-3-2-4-7-13/h2-10,12,16-17H,11H2,1H3,(H,20,21). The van der Waals surface area contributed by atoms with Crippen LogP contribution in [0.2, 0.25) is 0 Å². The number of hydrogen-bond acceptors (Lipinski definition) is 1. The molecule has 2 nitrogen and oxygen atoms in total. The highest BCUT2D eigenvalue weighted by Crippen LogP contribution is 2.47. The zero-order chi connectivity index (χ0) is 14.8. The minimum atomic E-state index is -0.276. The quantitative estimate of drug-likeness (QED) is 0.908. The van der Waals surface area contributed by atoms with Gasteiger partial charge < -0.3 is 5.32 Å². The number of hydrogen-bond donors (Lipinski definition) is 1. The first-order valence-electron chi connectivity index (χ1n) is 7.26. The van der Waals surface area contributed by atoms with Gasteiger partial charge in [0.15, 0.2) is 0 Å². The average Bonchev–Trinajstić information content (AvgIpc) is 3.28. The molecule has 0 aliphatic heterocycles. The lowest BCUT2D eigenvalue weighted by Crippen LogP contribution is -2.28. The zero-order valence-corrected chi connectivity index (χ0v) is 11.9. The fourth-order valence-corrected chi connectivity index (χ4v) is 2.73. The van der Waals surface area contributed by atoms with E-state index in [1.165, 1.54) is 17.7 Å². The monoisotopic (exact) mass is 283 g/mol. The van der Waals surface area contributed by atoms with Crippen molar-refractivity contribution in [1.29, 1.82) is 0 Å². The summed E-state index contributed by atoms with van der Waals surface area (Å²) in [5.41, 5.74) is 2.01. The SMILES string of the molecule is CC(NC(=O)C1CC1c1ccccc1)c1cccc(F)c1. The number of carbonyl (C=O) groups excluding carboxylic acids is 1. The van der Waals surface area contributed by atoms with E-state index in [-0.39, 0.29) is 23.7 Å². The summed E-state index contributed by atoms with van der Waals surface area (Å²) >= 11 is 0. The molecule has 2 aromatic rings. The van der Waals surface area contributed by atoms with E-state index in [1.807, 2.05) is 31.2 Å². The van der Waals surface area contributed by atoms with Crippen molar-refractivity contribution in [3.05, 3.63) is 71.5 Å². The molecule has 1 N–H and O–H groups in total. The Balaban J connectivity index is 1.60. The molecule has 0 spiro atoms. The third-order valence-corrected chi connectivity index (χ3v) is 4.06. The minimum absolute atomic E-state index is 0.0448. The molecule has 0 radical (unpaired) electrons. The number of amides is 1. The second-order valence-corrected chi connectivity index (χ2v) is 5.64. The lowest BCUT2D eigenvalue weighted by atomic mass is 10.1. The Hall–Kier alpha value is -2.16. The summed E-state index contributed by atoms with van der Waals surface area (Å²) in [6, 6.07) is 16.3.